The van der Waals surface area contributed by atoms with Crippen molar-refractivity contribution in [3.05, 3.63) is 33.8 Å². The first kappa shape index (κ1) is 12.4. The zero-order valence-electron chi connectivity index (χ0n) is 10.3. The number of aromatic hydroxyl groups is 1. The Labute approximate surface area is 114 Å². The zero-order valence-corrected chi connectivity index (χ0v) is 11.0. The molecule has 0 spiro atoms. The van der Waals surface area contributed by atoms with Gasteiger partial charge in [-0.2, -0.15) is 0 Å². The van der Waals surface area contributed by atoms with Crippen molar-refractivity contribution < 1.29 is 5.11 Å². The molecule has 1 fully saturated rings. The number of fused-ring (bicyclic) bond motifs is 1. The lowest BCUT2D eigenvalue weighted by molar-refractivity contribution is 0.476. The van der Waals surface area contributed by atoms with Crippen molar-refractivity contribution in [1.29, 1.82) is 0 Å². The fourth-order valence-corrected chi connectivity index (χ4v) is 2.75. The topological polar surface area (TPSA) is 67.1 Å². The third-order valence-corrected chi connectivity index (χ3v) is 3.77. The molecule has 2 N–H and O–H groups in total. The van der Waals surface area contributed by atoms with E-state index in [9.17, 15) is 9.90 Å². The number of hydrogen-bond donors (Lipinski definition) is 2. The van der Waals surface area contributed by atoms with Gasteiger partial charge in [-0.25, -0.2) is 4.98 Å². The lowest BCUT2D eigenvalue weighted by Gasteiger charge is -2.14. The normalized spacial score (nSPS) is 19.1. The molecule has 19 heavy (non-hydrogen) atoms. The van der Waals surface area contributed by atoms with E-state index in [1.54, 1.807) is 12.1 Å². The van der Waals surface area contributed by atoms with Crippen LogP contribution in [0.25, 0.3) is 10.9 Å². The van der Waals surface area contributed by atoms with Gasteiger partial charge < -0.3 is 10.4 Å². The lowest BCUT2D eigenvalue weighted by atomic mass is 10.2. The van der Waals surface area contributed by atoms with Crippen molar-refractivity contribution in [1.82, 2.24) is 14.9 Å². The molecule has 1 saturated heterocycles. The van der Waals surface area contributed by atoms with Crippen LogP contribution >= 0.6 is 11.6 Å². The van der Waals surface area contributed by atoms with Crippen LogP contribution in [0, 0.1) is 0 Å². The molecule has 0 bridgehead atoms. The Morgan fingerprint density at radius 2 is 2.37 bits per heavy atom. The van der Waals surface area contributed by atoms with Crippen LogP contribution in [-0.2, 0) is 6.54 Å². The standard InChI is InChI=1S/C13H14ClN3O2/c14-13-16-9-4-1-5-10(18)11(9)12(19)17(13)7-8-3-2-6-15-8/h1,4-5,8,15,18H,2-3,6-7H2. The fraction of sp³-hybridized carbons (Fsp3) is 0.385. The highest BCUT2D eigenvalue weighted by Gasteiger charge is 2.19. The average Bonchev–Trinajstić information content (AvgIpc) is 2.87. The second-order valence-corrected chi connectivity index (χ2v) is 5.10. The molecule has 3 rings (SSSR count). The summed E-state index contributed by atoms with van der Waals surface area (Å²) in [7, 11) is 0. The second kappa shape index (κ2) is 4.83. The van der Waals surface area contributed by atoms with E-state index in [-0.39, 0.29) is 28.0 Å². The van der Waals surface area contributed by atoms with Gasteiger partial charge in [0.05, 0.1) is 5.52 Å². The fourth-order valence-electron chi connectivity index (χ4n) is 2.51. The van der Waals surface area contributed by atoms with Gasteiger partial charge >= 0.3 is 0 Å². The van der Waals surface area contributed by atoms with Crippen molar-refractivity contribution in [3.63, 3.8) is 0 Å². The first-order valence-electron chi connectivity index (χ1n) is 6.28. The molecule has 0 aliphatic carbocycles. The van der Waals surface area contributed by atoms with E-state index in [0.717, 1.165) is 19.4 Å². The molecule has 1 atom stereocenters. The SMILES string of the molecule is O=c1c2c(O)cccc2nc(Cl)n1CC1CCCN1. The third kappa shape index (κ3) is 2.19. The monoisotopic (exact) mass is 279 g/mol. The van der Waals surface area contributed by atoms with Gasteiger partial charge in [-0.15, -0.1) is 0 Å². The molecule has 1 aliphatic heterocycles. The number of halogens is 1. The maximum Gasteiger partial charge on any atom is 0.266 e. The molecule has 2 aromatic rings. The van der Waals surface area contributed by atoms with Crippen molar-refractivity contribution in [2.75, 3.05) is 6.54 Å². The van der Waals surface area contributed by atoms with Crippen LogP contribution in [0.4, 0.5) is 0 Å². The smallest absolute Gasteiger partial charge is 0.266 e. The maximum atomic E-state index is 12.4. The average molecular weight is 280 g/mol. The van der Waals surface area contributed by atoms with Gasteiger partial charge in [0.1, 0.15) is 11.1 Å². The molecule has 100 valence electrons. The Bertz CT molecular complexity index is 677. The Balaban J connectivity index is 2.13. The second-order valence-electron chi connectivity index (χ2n) is 4.76. The van der Waals surface area contributed by atoms with Crippen LogP contribution in [0.5, 0.6) is 5.75 Å². The summed E-state index contributed by atoms with van der Waals surface area (Å²) in [4.78, 5) is 16.6. The van der Waals surface area contributed by atoms with Crippen molar-refractivity contribution in [2.45, 2.75) is 25.4 Å². The van der Waals surface area contributed by atoms with Crippen molar-refractivity contribution >= 4 is 22.5 Å². The van der Waals surface area contributed by atoms with Gasteiger partial charge in [-0.3, -0.25) is 9.36 Å². The third-order valence-electron chi connectivity index (χ3n) is 3.48. The van der Waals surface area contributed by atoms with Gasteiger partial charge in [0.2, 0.25) is 5.28 Å². The number of nitrogens with one attached hydrogen (secondary N) is 1. The van der Waals surface area contributed by atoms with Gasteiger partial charge in [-0.05, 0) is 43.1 Å². The summed E-state index contributed by atoms with van der Waals surface area (Å²) in [5.74, 6) is -0.0557. The van der Waals surface area contributed by atoms with Crippen LogP contribution in [0.15, 0.2) is 23.0 Å². The molecule has 1 aliphatic rings. The summed E-state index contributed by atoms with van der Waals surface area (Å²) >= 11 is 6.08. The Hall–Kier alpha value is -1.59. The molecular formula is C13H14ClN3O2. The van der Waals surface area contributed by atoms with Gasteiger partial charge in [-0.1, -0.05) is 6.07 Å². The number of benzene rings is 1. The Morgan fingerprint density at radius 3 is 3.11 bits per heavy atom. The van der Waals surface area contributed by atoms with E-state index in [2.05, 4.69) is 10.3 Å². The van der Waals surface area contributed by atoms with Crippen molar-refractivity contribution in [3.8, 4) is 5.75 Å². The van der Waals surface area contributed by atoms with Crippen molar-refractivity contribution in [2.24, 2.45) is 0 Å². The van der Waals surface area contributed by atoms with E-state index >= 15 is 0 Å². The number of phenols is 1. The van der Waals surface area contributed by atoms with Gasteiger partial charge in [0, 0.05) is 12.6 Å². The molecule has 0 saturated carbocycles. The highest BCUT2D eigenvalue weighted by atomic mass is 35.5. The highest BCUT2D eigenvalue weighted by Crippen LogP contribution is 2.21. The van der Waals surface area contributed by atoms with Crippen LogP contribution in [-0.4, -0.2) is 27.2 Å². The van der Waals surface area contributed by atoms with E-state index in [1.807, 2.05) is 0 Å². The van der Waals surface area contributed by atoms with Crippen LogP contribution < -0.4 is 10.9 Å². The molecule has 1 aromatic carbocycles. The predicted molar refractivity (Wildman–Crippen MR) is 73.7 cm³/mol. The number of nitrogens with zero attached hydrogens (tertiary/aromatic N) is 2. The minimum atomic E-state index is -0.290. The predicted octanol–water partition coefficient (Wildman–Crippen LogP) is 1.51. The summed E-state index contributed by atoms with van der Waals surface area (Å²) in [6.45, 7) is 1.44. The number of aromatic nitrogens is 2. The largest absolute Gasteiger partial charge is 0.507 e. The van der Waals surface area contributed by atoms with Gasteiger partial charge in [0.15, 0.2) is 0 Å². The first-order chi connectivity index (χ1) is 9.16. The van der Waals surface area contributed by atoms with E-state index in [1.165, 1.54) is 10.6 Å². The lowest BCUT2D eigenvalue weighted by Crippen LogP contribution is -2.33. The highest BCUT2D eigenvalue weighted by molar-refractivity contribution is 6.28. The molecule has 6 heteroatoms. The summed E-state index contributed by atoms with van der Waals surface area (Å²) in [6, 6.07) is 5.03. The molecule has 0 amide bonds. The minimum Gasteiger partial charge on any atom is -0.507 e. The Morgan fingerprint density at radius 1 is 1.53 bits per heavy atom. The number of hydrogen-bond acceptors (Lipinski definition) is 4. The van der Waals surface area contributed by atoms with Crippen LogP contribution in [0.1, 0.15) is 12.8 Å². The Kier molecular flexibility index (Phi) is 3.16. The zero-order chi connectivity index (χ0) is 13.4. The molecule has 2 heterocycles. The van der Waals surface area contributed by atoms with E-state index in [4.69, 9.17) is 11.6 Å². The molecule has 1 aromatic heterocycles. The molecule has 5 nitrogen and oxygen atoms in total. The summed E-state index contributed by atoms with van der Waals surface area (Å²) in [6.07, 6.45) is 2.12. The van der Waals surface area contributed by atoms with Crippen LogP contribution in [0.3, 0.4) is 0 Å². The maximum absolute atomic E-state index is 12.4. The summed E-state index contributed by atoms with van der Waals surface area (Å²) in [5, 5.41) is 13.5. The van der Waals surface area contributed by atoms with Crippen LogP contribution in [0.2, 0.25) is 5.28 Å². The summed E-state index contributed by atoms with van der Waals surface area (Å²) < 4.78 is 1.42. The number of rotatable bonds is 2. The van der Waals surface area contributed by atoms with E-state index in [0.29, 0.717) is 12.1 Å². The molecular weight excluding hydrogens is 266 g/mol. The first-order valence-corrected chi connectivity index (χ1v) is 6.66. The van der Waals surface area contributed by atoms with Gasteiger partial charge in [0.25, 0.3) is 5.56 Å². The minimum absolute atomic E-state index is 0.0557. The van der Waals surface area contributed by atoms with E-state index < -0.39 is 0 Å². The quantitative estimate of drug-likeness (QED) is 0.818. The number of phenolic OH excluding ortho intramolecular Hbond substituents is 1. The molecule has 0 radical (unpaired) electrons. The summed E-state index contributed by atoms with van der Waals surface area (Å²) in [5.41, 5.74) is 0.132. The molecule has 1 unspecified atom stereocenters.